The maximum Gasteiger partial charge on any atom is 0.174 e. The zero-order valence-electron chi connectivity index (χ0n) is 17.5. The molecule has 2 aromatic heterocycles. The number of nitrogens with zero attached hydrogens (tertiary/aromatic N) is 3. The lowest BCUT2D eigenvalue weighted by atomic mass is 10.0. The number of ether oxygens (including phenoxy) is 2. The van der Waals surface area contributed by atoms with E-state index in [9.17, 15) is 0 Å². The molecule has 2 fully saturated rings. The van der Waals surface area contributed by atoms with Crippen LogP contribution in [0.4, 0.5) is 5.69 Å². The summed E-state index contributed by atoms with van der Waals surface area (Å²) in [7, 11) is 1.68. The molecule has 160 valence electrons. The number of pyridine rings is 1. The number of hydrogen-bond donors (Lipinski definition) is 1. The quantitative estimate of drug-likeness (QED) is 0.586. The van der Waals surface area contributed by atoms with Crippen molar-refractivity contribution in [3.63, 3.8) is 0 Å². The van der Waals surface area contributed by atoms with Crippen molar-refractivity contribution in [1.29, 1.82) is 0 Å². The van der Waals surface area contributed by atoms with Crippen LogP contribution in [0, 0.1) is 0 Å². The van der Waals surface area contributed by atoms with E-state index in [1.807, 2.05) is 36.5 Å². The third-order valence-corrected chi connectivity index (χ3v) is 6.34. The third-order valence-electron chi connectivity index (χ3n) is 6.02. The predicted molar refractivity (Wildman–Crippen MR) is 124 cm³/mol. The van der Waals surface area contributed by atoms with E-state index < -0.39 is 0 Å². The minimum atomic E-state index is -0.0713. The predicted octanol–water partition coefficient (Wildman–Crippen LogP) is 4.25. The zero-order chi connectivity index (χ0) is 21.2. The highest BCUT2D eigenvalue weighted by molar-refractivity contribution is 7.80. The molecule has 0 saturated carbocycles. The highest BCUT2D eigenvalue weighted by Crippen LogP contribution is 2.42. The molecule has 0 unspecified atom stereocenters. The van der Waals surface area contributed by atoms with Gasteiger partial charge in [0.2, 0.25) is 0 Å². The Hall–Kier alpha value is -2.90. The van der Waals surface area contributed by atoms with Crippen molar-refractivity contribution in [2.75, 3.05) is 18.6 Å². The Labute approximate surface area is 187 Å². The molecule has 2 aliphatic rings. The molecule has 7 heteroatoms. The molecule has 0 spiro atoms. The first-order valence-corrected chi connectivity index (χ1v) is 11.1. The number of anilines is 1. The van der Waals surface area contributed by atoms with Crippen LogP contribution in [0.3, 0.4) is 0 Å². The number of hydrogen-bond acceptors (Lipinski definition) is 4. The van der Waals surface area contributed by atoms with Crippen molar-refractivity contribution in [2.24, 2.45) is 0 Å². The summed E-state index contributed by atoms with van der Waals surface area (Å²) in [6, 6.07) is 18.2. The maximum atomic E-state index is 5.91. The summed E-state index contributed by atoms with van der Waals surface area (Å²) >= 11 is 5.83. The highest BCUT2D eigenvalue weighted by atomic mass is 32.1. The second kappa shape index (κ2) is 8.69. The first-order valence-electron chi connectivity index (χ1n) is 10.7. The van der Waals surface area contributed by atoms with E-state index in [-0.39, 0.29) is 18.2 Å². The number of nitrogens with one attached hydrogen (secondary N) is 1. The molecule has 2 aliphatic heterocycles. The standard InChI is InChI=1S/C24H26N4O2S/c1-29-18-8-4-7-17(15-18)28-23(22(26-24(28)31)20-10-2-3-12-25-20)21-11-5-13-27(21)16-19-9-6-14-30-19/h2-5,7-8,10-13,15,19,22-23H,6,9,14,16H2,1H3,(H,26,31)/t19-,22-,23+/m1/s1. The van der Waals surface area contributed by atoms with Gasteiger partial charge in [-0.15, -0.1) is 0 Å². The average Bonchev–Trinajstić information content (AvgIpc) is 3.55. The van der Waals surface area contributed by atoms with E-state index in [0.717, 1.165) is 43.1 Å². The number of methoxy groups -OCH3 is 1. The topological polar surface area (TPSA) is 51.5 Å². The fourth-order valence-corrected chi connectivity index (χ4v) is 4.91. The summed E-state index contributed by atoms with van der Waals surface area (Å²) in [6.07, 6.45) is 6.45. The van der Waals surface area contributed by atoms with Gasteiger partial charge in [-0.2, -0.15) is 0 Å². The van der Waals surface area contributed by atoms with Gasteiger partial charge in [0.15, 0.2) is 5.11 Å². The van der Waals surface area contributed by atoms with Gasteiger partial charge >= 0.3 is 0 Å². The lowest BCUT2D eigenvalue weighted by Gasteiger charge is -2.29. The lowest BCUT2D eigenvalue weighted by molar-refractivity contribution is 0.0961. The first-order chi connectivity index (χ1) is 15.2. The van der Waals surface area contributed by atoms with Gasteiger partial charge in [0.25, 0.3) is 0 Å². The highest BCUT2D eigenvalue weighted by Gasteiger charge is 2.42. The van der Waals surface area contributed by atoms with Gasteiger partial charge in [-0.1, -0.05) is 12.1 Å². The second-order valence-electron chi connectivity index (χ2n) is 7.92. The van der Waals surface area contributed by atoms with Gasteiger partial charge < -0.3 is 24.3 Å². The molecule has 4 heterocycles. The van der Waals surface area contributed by atoms with E-state index >= 15 is 0 Å². The number of benzene rings is 1. The molecule has 6 nitrogen and oxygen atoms in total. The number of rotatable bonds is 6. The molecule has 3 atom stereocenters. The largest absolute Gasteiger partial charge is 0.497 e. The maximum absolute atomic E-state index is 5.91. The molecule has 1 N–H and O–H groups in total. The fraction of sp³-hybridized carbons (Fsp3) is 0.333. The van der Waals surface area contributed by atoms with Gasteiger partial charge in [-0.25, -0.2) is 0 Å². The van der Waals surface area contributed by atoms with Gasteiger partial charge in [-0.05, 0) is 61.5 Å². The summed E-state index contributed by atoms with van der Waals surface area (Å²) in [5, 5.41) is 4.20. The minimum Gasteiger partial charge on any atom is -0.497 e. The van der Waals surface area contributed by atoms with Gasteiger partial charge in [0.1, 0.15) is 11.8 Å². The average molecular weight is 435 g/mol. The Morgan fingerprint density at radius 2 is 2.13 bits per heavy atom. The first kappa shape index (κ1) is 20.0. The molecular formula is C24H26N4O2S. The van der Waals surface area contributed by atoms with Crippen molar-refractivity contribution in [2.45, 2.75) is 37.6 Å². The van der Waals surface area contributed by atoms with Crippen LogP contribution in [-0.2, 0) is 11.3 Å². The smallest absolute Gasteiger partial charge is 0.174 e. The van der Waals surface area contributed by atoms with Crippen molar-refractivity contribution in [1.82, 2.24) is 14.9 Å². The Balaban J connectivity index is 1.58. The van der Waals surface area contributed by atoms with Crippen LogP contribution >= 0.6 is 12.2 Å². The molecule has 0 radical (unpaired) electrons. The Morgan fingerprint density at radius 3 is 2.90 bits per heavy atom. The van der Waals surface area contributed by atoms with Crippen LogP contribution in [0.5, 0.6) is 5.75 Å². The monoisotopic (exact) mass is 434 g/mol. The molecule has 0 aliphatic carbocycles. The summed E-state index contributed by atoms with van der Waals surface area (Å²) in [5.74, 6) is 0.801. The molecule has 31 heavy (non-hydrogen) atoms. The zero-order valence-corrected chi connectivity index (χ0v) is 18.3. The van der Waals surface area contributed by atoms with Crippen molar-refractivity contribution < 1.29 is 9.47 Å². The molecule has 3 aromatic rings. The van der Waals surface area contributed by atoms with E-state index in [0.29, 0.717) is 5.11 Å². The van der Waals surface area contributed by atoms with Crippen LogP contribution in [0.1, 0.15) is 36.3 Å². The fourth-order valence-electron chi connectivity index (χ4n) is 4.56. The Morgan fingerprint density at radius 1 is 1.19 bits per heavy atom. The summed E-state index contributed by atoms with van der Waals surface area (Å²) in [5.41, 5.74) is 3.14. The molecular weight excluding hydrogens is 408 g/mol. The third kappa shape index (κ3) is 3.91. The van der Waals surface area contributed by atoms with E-state index in [1.165, 1.54) is 5.69 Å². The number of aromatic nitrogens is 2. The van der Waals surface area contributed by atoms with Gasteiger partial charge in [0.05, 0.1) is 24.9 Å². The minimum absolute atomic E-state index is 0.0501. The normalized spacial score (nSPS) is 23.2. The van der Waals surface area contributed by atoms with Crippen molar-refractivity contribution >= 4 is 23.0 Å². The molecule has 0 bridgehead atoms. The summed E-state index contributed by atoms with van der Waals surface area (Å²) in [6.45, 7) is 1.69. The van der Waals surface area contributed by atoms with Crippen LogP contribution < -0.4 is 15.0 Å². The lowest BCUT2D eigenvalue weighted by Crippen LogP contribution is -2.31. The van der Waals surface area contributed by atoms with Crippen LogP contribution in [-0.4, -0.2) is 34.5 Å². The Bertz CT molecular complexity index is 1050. The van der Waals surface area contributed by atoms with E-state index in [2.05, 4.69) is 50.2 Å². The Kier molecular flexibility index (Phi) is 5.61. The van der Waals surface area contributed by atoms with Crippen LogP contribution in [0.15, 0.2) is 67.0 Å². The van der Waals surface area contributed by atoms with E-state index in [4.69, 9.17) is 21.7 Å². The van der Waals surface area contributed by atoms with Crippen LogP contribution in [0.2, 0.25) is 0 Å². The molecule has 2 saturated heterocycles. The molecule has 5 rings (SSSR count). The van der Waals surface area contributed by atoms with E-state index in [1.54, 1.807) is 7.11 Å². The SMILES string of the molecule is COc1cccc(N2C(=S)N[C@H](c3ccccn3)[C@@H]2c2cccn2C[C@H]2CCCO2)c1. The number of thiocarbonyl (C=S) groups is 1. The summed E-state index contributed by atoms with van der Waals surface area (Å²) in [4.78, 5) is 6.82. The molecule has 1 aromatic carbocycles. The van der Waals surface area contributed by atoms with Gasteiger partial charge in [0, 0.05) is 43.0 Å². The van der Waals surface area contributed by atoms with Crippen LogP contribution in [0.25, 0.3) is 0 Å². The van der Waals surface area contributed by atoms with Crippen molar-refractivity contribution in [3.8, 4) is 5.75 Å². The molecule has 0 amide bonds. The summed E-state index contributed by atoms with van der Waals surface area (Å²) < 4.78 is 13.7. The van der Waals surface area contributed by atoms with Gasteiger partial charge in [-0.3, -0.25) is 4.98 Å². The second-order valence-corrected chi connectivity index (χ2v) is 8.31. The van der Waals surface area contributed by atoms with Crippen molar-refractivity contribution in [3.05, 3.63) is 78.4 Å².